The Morgan fingerprint density at radius 3 is 2.20 bits per heavy atom. The first-order valence-corrected chi connectivity index (χ1v) is 8.35. The molecule has 0 atom stereocenters. The first-order valence-electron chi connectivity index (χ1n) is 7.55. The zero-order valence-electron chi connectivity index (χ0n) is 13.0. The number of aromatic amines is 1. The molecular formula is C15H26BrN3O. The molecule has 0 bridgehead atoms. The van der Waals surface area contributed by atoms with Gasteiger partial charge in [-0.25, -0.2) is 0 Å². The molecule has 114 valence electrons. The van der Waals surface area contributed by atoms with Crippen LogP contribution >= 0.6 is 15.9 Å². The van der Waals surface area contributed by atoms with E-state index in [1.54, 1.807) is 0 Å². The van der Waals surface area contributed by atoms with Crippen LogP contribution in [0.25, 0.3) is 0 Å². The molecule has 0 aliphatic heterocycles. The Hall–Kier alpha value is -0.840. The highest BCUT2D eigenvalue weighted by atomic mass is 79.9. The fourth-order valence-electron chi connectivity index (χ4n) is 2.03. The van der Waals surface area contributed by atoms with Crippen LogP contribution in [0, 0.1) is 0 Å². The topological polar surface area (TPSA) is 49.0 Å². The Bertz CT molecular complexity index is 421. The van der Waals surface area contributed by atoms with E-state index in [0.29, 0.717) is 11.6 Å². The van der Waals surface area contributed by atoms with Crippen molar-refractivity contribution in [3.8, 4) is 0 Å². The average molecular weight is 344 g/mol. The minimum absolute atomic E-state index is 0.0296. The fourth-order valence-corrected chi connectivity index (χ4v) is 2.83. The second kappa shape index (κ2) is 8.45. The number of H-pyrrole nitrogens is 1. The maximum Gasteiger partial charge on any atom is 0.275 e. The summed E-state index contributed by atoms with van der Waals surface area (Å²) in [6, 6.07) is 0. The quantitative estimate of drug-likeness (QED) is 0.763. The largest absolute Gasteiger partial charge is 0.337 e. The number of amides is 1. The van der Waals surface area contributed by atoms with Crippen LogP contribution in [0.4, 0.5) is 0 Å². The third-order valence-corrected chi connectivity index (χ3v) is 4.17. The monoisotopic (exact) mass is 343 g/mol. The van der Waals surface area contributed by atoms with Gasteiger partial charge in [0.1, 0.15) is 0 Å². The van der Waals surface area contributed by atoms with Crippen molar-refractivity contribution < 1.29 is 4.79 Å². The van der Waals surface area contributed by atoms with Crippen LogP contribution in [0.2, 0.25) is 0 Å². The molecule has 0 saturated carbocycles. The van der Waals surface area contributed by atoms with Gasteiger partial charge in [-0.05, 0) is 34.7 Å². The normalized spacial score (nSPS) is 11.1. The van der Waals surface area contributed by atoms with E-state index in [1.165, 1.54) is 0 Å². The SMILES string of the molecule is CCCCN(CCCC)C(=O)c1n[nH]c(C(C)C)c1Br. The molecule has 4 nitrogen and oxygen atoms in total. The fraction of sp³-hybridized carbons (Fsp3) is 0.733. The number of hydrogen-bond acceptors (Lipinski definition) is 2. The molecule has 0 unspecified atom stereocenters. The summed E-state index contributed by atoms with van der Waals surface area (Å²) >= 11 is 3.52. The molecule has 5 heteroatoms. The summed E-state index contributed by atoms with van der Waals surface area (Å²) in [5.74, 6) is 0.347. The van der Waals surface area contributed by atoms with Gasteiger partial charge in [0, 0.05) is 13.1 Å². The molecule has 0 aliphatic carbocycles. The minimum Gasteiger partial charge on any atom is -0.337 e. The van der Waals surface area contributed by atoms with E-state index in [1.807, 2.05) is 4.90 Å². The second-order valence-electron chi connectivity index (χ2n) is 5.45. The molecule has 20 heavy (non-hydrogen) atoms. The lowest BCUT2D eigenvalue weighted by Gasteiger charge is -2.21. The van der Waals surface area contributed by atoms with Crippen LogP contribution in [0.15, 0.2) is 4.47 Å². The van der Waals surface area contributed by atoms with Gasteiger partial charge >= 0.3 is 0 Å². The number of halogens is 1. The van der Waals surface area contributed by atoms with Crippen molar-refractivity contribution in [1.29, 1.82) is 0 Å². The highest BCUT2D eigenvalue weighted by molar-refractivity contribution is 9.10. The van der Waals surface area contributed by atoms with Gasteiger partial charge in [0.15, 0.2) is 5.69 Å². The van der Waals surface area contributed by atoms with Crippen molar-refractivity contribution in [3.63, 3.8) is 0 Å². The summed E-state index contributed by atoms with van der Waals surface area (Å²) in [4.78, 5) is 14.6. The minimum atomic E-state index is 0.0296. The summed E-state index contributed by atoms with van der Waals surface area (Å²) in [6.07, 6.45) is 4.26. The van der Waals surface area contributed by atoms with E-state index in [0.717, 1.165) is 48.9 Å². The van der Waals surface area contributed by atoms with Gasteiger partial charge in [-0.1, -0.05) is 40.5 Å². The van der Waals surface area contributed by atoms with Gasteiger partial charge in [0.25, 0.3) is 5.91 Å². The highest BCUT2D eigenvalue weighted by Crippen LogP contribution is 2.26. The molecular weight excluding hydrogens is 318 g/mol. The molecule has 0 spiro atoms. The van der Waals surface area contributed by atoms with E-state index in [2.05, 4.69) is 53.8 Å². The van der Waals surface area contributed by atoms with E-state index >= 15 is 0 Å². The predicted molar refractivity (Wildman–Crippen MR) is 86.1 cm³/mol. The molecule has 1 aromatic rings. The molecule has 0 aliphatic rings. The van der Waals surface area contributed by atoms with Crippen LogP contribution in [-0.2, 0) is 0 Å². The van der Waals surface area contributed by atoms with Crippen LogP contribution in [0.3, 0.4) is 0 Å². The summed E-state index contributed by atoms with van der Waals surface area (Å²) < 4.78 is 0.815. The summed E-state index contributed by atoms with van der Waals surface area (Å²) in [5, 5.41) is 7.19. The standard InChI is InChI=1S/C15H26BrN3O/c1-5-7-9-19(10-8-6-2)15(20)14-12(16)13(11(3)4)17-18-14/h11H,5-10H2,1-4H3,(H,17,18). The number of rotatable bonds is 8. The average Bonchev–Trinajstić information content (AvgIpc) is 2.80. The molecule has 0 fully saturated rings. The van der Waals surface area contributed by atoms with E-state index in [9.17, 15) is 4.79 Å². The van der Waals surface area contributed by atoms with Gasteiger partial charge in [0.05, 0.1) is 10.2 Å². The molecule has 0 aromatic carbocycles. The number of unbranched alkanes of at least 4 members (excludes halogenated alkanes) is 2. The molecule has 1 heterocycles. The van der Waals surface area contributed by atoms with Crippen molar-refractivity contribution in [2.24, 2.45) is 0 Å². The third kappa shape index (κ3) is 4.33. The molecule has 1 N–H and O–H groups in total. The van der Waals surface area contributed by atoms with Crippen LogP contribution < -0.4 is 0 Å². The lowest BCUT2D eigenvalue weighted by atomic mass is 10.1. The zero-order chi connectivity index (χ0) is 15.1. The number of carbonyl (C=O) groups is 1. The third-order valence-electron chi connectivity index (χ3n) is 3.36. The molecule has 1 aromatic heterocycles. The van der Waals surface area contributed by atoms with E-state index < -0.39 is 0 Å². The van der Waals surface area contributed by atoms with Gasteiger partial charge < -0.3 is 4.90 Å². The van der Waals surface area contributed by atoms with Crippen molar-refractivity contribution in [2.45, 2.75) is 59.3 Å². The van der Waals surface area contributed by atoms with E-state index in [4.69, 9.17) is 0 Å². The Balaban J connectivity index is 2.87. The number of carbonyl (C=O) groups excluding carboxylic acids is 1. The number of nitrogens with zero attached hydrogens (tertiary/aromatic N) is 2. The first-order chi connectivity index (χ1) is 9.52. The Morgan fingerprint density at radius 2 is 1.80 bits per heavy atom. The van der Waals surface area contributed by atoms with Gasteiger partial charge in [0.2, 0.25) is 0 Å². The van der Waals surface area contributed by atoms with Gasteiger partial charge in [-0.3, -0.25) is 9.89 Å². The lowest BCUT2D eigenvalue weighted by molar-refractivity contribution is 0.0744. The molecule has 0 radical (unpaired) electrons. The number of aromatic nitrogens is 2. The summed E-state index contributed by atoms with van der Waals surface area (Å²) in [6.45, 7) is 10.1. The van der Waals surface area contributed by atoms with E-state index in [-0.39, 0.29) is 5.91 Å². The number of nitrogens with one attached hydrogen (secondary N) is 1. The van der Waals surface area contributed by atoms with Crippen LogP contribution in [0.5, 0.6) is 0 Å². The van der Waals surface area contributed by atoms with Crippen molar-refractivity contribution in [3.05, 3.63) is 15.9 Å². The Kier molecular flexibility index (Phi) is 7.27. The van der Waals surface area contributed by atoms with Crippen LogP contribution in [-0.4, -0.2) is 34.1 Å². The predicted octanol–water partition coefficient (Wildman–Crippen LogP) is 4.34. The van der Waals surface area contributed by atoms with Crippen LogP contribution in [0.1, 0.15) is 75.5 Å². The summed E-state index contributed by atoms with van der Waals surface area (Å²) in [5.41, 5.74) is 1.50. The van der Waals surface area contributed by atoms with Crippen molar-refractivity contribution in [1.82, 2.24) is 15.1 Å². The lowest BCUT2D eigenvalue weighted by Crippen LogP contribution is -2.33. The Morgan fingerprint density at radius 1 is 1.25 bits per heavy atom. The maximum atomic E-state index is 12.6. The van der Waals surface area contributed by atoms with Gasteiger partial charge in [-0.2, -0.15) is 5.10 Å². The molecule has 0 saturated heterocycles. The van der Waals surface area contributed by atoms with Gasteiger partial charge in [-0.15, -0.1) is 0 Å². The van der Waals surface area contributed by atoms with Crippen molar-refractivity contribution in [2.75, 3.05) is 13.1 Å². The first kappa shape index (κ1) is 17.2. The number of hydrogen-bond donors (Lipinski definition) is 1. The highest BCUT2D eigenvalue weighted by Gasteiger charge is 2.23. The molecule has 1 rings (SSSR count). The summed E-state index contributed by atoms with van der Waals surface area (Å²) in [7, 11) is 0. The maximum absolute atomic E-state index is 12.6. The molecule has 1 amide bonds. The zero-order valence-corrected chi connectivity index (χ0v) is 14.6. The Labute approximate surface area is 130 Å². The van der Waals surface area contributed by atoms with Crippen molar-refractivity contribution >= 4 is 21.8 Å². The second-order valence-corrected chi connectivity index (χ2v) is 6.25. The smallest absolute Gasteiger partial charge is 0.275 e.